The summed E-state index contributed by atoms with van der Waals surface area (Å²) in [7, 11) is 1.86. The molecule has 0 spiro atoms. The third-order valence-electron chi connectivity index (χ3n) is 2.75. The summed E-state index contributed by atoms with van der Waals surface area (Å²) in [6, 6.07) is 5.49. The number of nitrogens with zero attached hydrogens (tertiary/aromatic N) is 1. The van der Waals surface area contributed by atoms with E-state index >= 15 is 0 Å². The van der Waals surface area contributed by atoms with E-state index in [1.165, 1.54) is 0 Å². The lowest BCUT2D eigenvalue weighted by molar-refractivity contribution is -0.119. The molecule has 0 bridgehead atoms. The van der Waals surface area contributed by atoms with Crippen molar-refractivity contribution in [3.63, 3.8) is 0 Å². The van der Waals surface area contributed by atoms with Gasteiger partial charge in [-0.3, -0.25) is 4.79 Å². The minimum absolute atomic E-state index is 0.00147. The molecule has 20 heavy (non-hydrogen) atoms. The Balaban J connectivity index is 2.66. The van der Waals surface area contributed by atoms with Gasteiger partial charge in [0.25, 0.3) is 0 Å². The Kier molecular flexibility index (Phi) is 6.15. The van der Waals surface area contributed by atoms with Gasteiger partial charge in [0.2, 0.25) is 5.91 Å². The zero-order valence-corrected chi connectivity index (χ0v) is 12.8. The number of amides is 1. The minimum atomic E-state index is 0.00147. The van der Waals surface area contributed by atoms with Gasteiger partial charge in [0.1, 0.15) is 5.75 Å². The summed E-state index contributed by atoms with van der Waals surface area (Å²) in [4.78, 5) is 13.7. The SMILES string of the molecule is CCOc1cc(N)cc(N(C)CC(=O)NCC(C)C)c1. The molecule has 1 amide bonds. The molecule has 0 aromatic heterocycles. The number of nitrogens with one attached hydrogen (secondary N) is 1. The third kappa shape index (κ3) is 5.38. The van der Waals surface area contributed by atoms with Crippen molar-refractivity contribution in [3.05, 3.63) is 18.2 Å². The highest BCUT2D eigenvalue weighted by molar-refractivity contribution is 5.81. The number of nitrogen functional groups attached to an aromatic ring is 1. The summed E-state index contributed by atoms with van der Waals surface area (Å²) in [5.74, 6) is 1.17. The first-order valence-corrected chi connectivity index (χ1v) is 6.93. The molecule has 1 aromatic carbocycles. The van der Waals surface area contributed by atoms with Gasteiger partial charge in [0.05, 0.1) is 13.2 Å². The van der Waals surface area contributed by atoms with E-state index in [0.29, 0.717) is 31.3 Å². The van der Waals surface area contributed by atoms with Gasteiger partial charge in [0, 0.05) is 37.1 Å². The van der Waals surface area contributed by atoms with Gasteiger partial charge in [-0.2, -0.15) is 0 Å². The molecule has 0 unspecified atom stereocenters. The molecular weight excluding hydrogens is 254 g/mol. The van der Waals surface area contributed by atoms with Gasteiger partial charge < -0.3 is 20.7 Å². The quantitative estimate of drug-likeness (QED) is 0.748. The Morgan fingerprint density at radius 2 is 2.10 bits per heavy atom. The highest BCUT2D eigenvalue weighted by Gasteiger charge is 2.09. The maximum absolute atomic E-state index is 11.8. The molecule has 0 saturated heterocycles. The lowest BCUT2D eigenvalue weighted by Crippen LogP contribution is -2.36. The van der Waals surface area contributed by atoms with Crippen molar-refractivity contribution < 1.29 is 9.53 Å². The van der Waals surface area contributed by atoms with Gasteiger partial charge in [-0.25, -0.2) is 0 Å². The van der Waals surface area contributed by atoms with Crippen LogP contribution in [0.3, 0.4) is 0 Å². The molecule has 0 fully saturated rings. The Hall–Kier alpha value is -1.91. The van der Waals surface area contributed by atoms with Crippen LogP contribution in [0.1, 0.15) is 20.8 Å². The molecule has 0 aliphatic carbocycles. The number of nitrogens with two attached hydrogens (primary N) is 1. The maximum Gasteiger partial charge on any atom is 0.239 e. The molecule has 0 aliphatic heterocycles. The molecule has 0 saturated carbocycles. The van der Waals surface area contributed by atoms with Crippen LogP contribution in [0.15, 0.2) is 18.2 Å². The fourth-order valence-electron chi connectivity index (χ4n) is 1.76. The Morgan fingerprint density at radius 1 is 1.40 bits per heavy atom. The van der Waals surface area contributed by atoms with Crippen LogP contribution in [-0.4, -0.2) is 32.7 Å². The number of carbonyl (C=O) groups is 1. The number of hydrogen-bond acceptors (Lipinski definition) is 4. The summed E-state index contributed by atoms with van der Waals surface area (Å²) in [5.41, 5.74) is 7.34. The molecule has 0 heterocycles. The number of carbonyl (C=O) groups excluding carboxylic acids is 1. The number of hydrogen-bond donors (Lipinski definition) is 2. The zero-order valence-electron chi connectivity index (χ0n) is 12.8. The molecule has 5 nitrogen and oxygen atoms in total. The standard InChI is InChI=1S/C15H25N3O2/c1-5-20-14-7-12(16)6-13(8-14)18(4)10-15(19)17-9-11(2)3/h6-8,11H,5,9-10,16H2,1-4H3,(H,17,19). The van der Waals surface area contributed by atoms with Gasteiger partial charge in [-0.15, -0.1) is 0 Å². The van der Waals surface area contributed by atoms with Crippen molar-refractivity contribution >= 4 is 17.3 Å². The van der Waals surface area contributed by atoms with Crippen LogP contribution in [0.2, 0.25) is 0 Å². The van der Waals surface area contributed by atoms with Gasteiger partial charge in [-0.1, -0.05) is 13.8 Å². The van der Waals surface area contributed by atoms with Crippen molar-refractivity contribution in [2.75, 3.05) is 37.4 Å². The molecule has 1 rings (SSSR count). The van der Waals surface area contributed by atoms with Crippen molar-refractivity contribution in [1.82, 2.24) is 5.32 Å². The number of anilines is 2. The fourth-order valence-corrected chi connectivity index (χ4v) is 1.76. The zero-order chi connectivity index (χ0) is 15.1. The van der Waals surface area contributed by atoms with Gasteiger partial charge >= 0.3 is 0 Å². The van der Waals surface area contributed by atoms with Crippen molar-refractivity contribution in [1.29, 1.82) is 0 Å². The summed E-state index contributed by atoms with van der Waals surface area (Å²) >= 11 is 0. The van der Waals surface area contributed by atoms with Crippen molar-refractivity contribution in [2.24, 2.45) is 5.92 Å². The smallest absolute Gasteiger partial charge is 0.239 e. The molecular formula is C15H25N3O2. The molecule has 0 aliphatic rings. The minimum Gasteiger partial charge on any atom is -0.494 e. The monoisotopic (exact) mass is 279 g/mol. The molecule has 3 N–H and O–H groups in total. The second-order valence-electron chi connectivity index (χ2n) is 5.25. The van der Waals surface area contributed by atoms with Crippen LogP contribution in [0.4, 0.5) is 11.4 Å². The van der Waals surface area contributed by atoms with Crippen LogP contribution in [-0.2, 0) is 4.79 Å². The van der Waals surface area contributed by atoms with E-state index in [2.05, 4.69) is 19.2 Å². The van der Waals surface area contributed by atoms with E-state index in [4.69, 9.17) is 10.5 Å². The van der Waals surface area contributed by atoms with E-state index in [-0.39, 0.29) is 5.91 Å². The van der Waals surface area contributed by atoms with Crippen LogP contribution in [0.5, 0.6) is 5.75 Å². The van der Waals surface area contributed by atoms with Crippen molar-refractivity contribution in [2.45, 2.75) is 20.8 Å². The van der Waals surface area contributed by atoms with Crippen LogP contribution in [0, 0.1) is 5.92 Å². The number of ether oxygens (including phenoxy) is 1. The fraction of sp³-hybridized carbons (Fsp3) is 0.533. The molecule has 0 atom stereocenters. The first-order valence-electron chi connectivity index (χ1n) is 6.93. The lowest BCUT2D eigenvalue weighted by atomic mass is 10.2. The Bertz CT molecular complexity index is 447. The van der Waals surface area contributed by atoms with E-state index in [1.54, 1.807) is 6.07 Å². The summed E-state index contributed by atoms with van der Waals surface area (Å²) in [6.07, 6.45) is 0. The Labute approximate surface area is 121 Å². The second-order valence-corrected chi connectivity index (χ2v) is 5.25. The third-order valence-corrected chi connectivity index (χ3v) is 2.75. The normalized spacial score (nSPS) is 10.4. The maximum atomic E-state index is 11.8. The topological polar surface area (TPSA) is 67.6 Å². The molecule has 112 valence electrons. The predicted molar refractivity (Wildman–Crippen MR) is 83.1 cm³/mol. The summed E-state index contributed by atoms with van der Waals surface area (Å²) in [6.45, 7) is 7.62. The van der Waals surface area contributed by atoms with Gasteiger partial charge in [0.15, 0.2) is 0 Å². The first-order chi connectivity index (χ1) is 9.42. The van der Waals surface area contributed by atoms with E-state index < -0.39 is 0 Å². The molecule has 1 aromatic rings. The Morgan fingerprint density at radius 3 is 2.70 bits per heavy atom. The van der Waals surface area contributed by atoms with Crippen LogP contribution in [0.25, 0.3) is 0 Å². The molecule has 0 radical (unpaired) electrons. The van der Waals surface area contributed by atoms with E-state index in [1.807, 2.05) is 31.0 Å². The number of rotatable bonds is 7. The van der Waals surface area contributed by atoms with Crippen LogP contribution < -0.4 is 20.7 Å². The lowest BCUT2D eigenvalue weighted by Gasteiger charge is -2.20. The first kappa shape index (κ1) is 16.1. The van der Waals surface area contributed by atoms with Crippen LogP contribution >= 0.6 is 0 Å². The van der Waals surface area contributed by atoms with E-state index in [0.717, 1.165) is 11.4 Å². The predicted octanol–water partition coefficient (Wildman–Crippen LogP) is 1.88. The number of likely N-dealkylation sites (N-methyl/N-ethyl adjacent to an activating group) is 1. The van der Waals surface area contributed by atoms with E-state index in [9.17, 15) is 4.79 Å². The largest absolute Gasteiger partial charge is 0.494 e. The number of benzene rings is 1. The average Bonchev–Trinajstić information content (AvgIpc) is 2.36. The summed E-state index contributed by atoms with van der Waals surface area (Å²) < 4.78 is 5.45. The van der Waals surface area contributed by atoms with Gasteiger partial charge in [-0.05, 0) is 18.9 Å². The highest BCUT2D eigenvalue weighted by atomic mass is 16.5. The van der Waals surface area contributed by atoms with Crippen molar-refractivity contribution in [3.8, 4) is 5.75 Å². The summed E-state index contributed by atoms with van der Waals surface area (Å²) in [5, 5.41) is 2.89. The molecule has 5 heteroatoms. The second kappa shape index (κ2) is 7.62. The highest BCUT2D eigenvalue weighted by Crippen LogP contribution is 2.24. The average molecular weight is 279 g/mol.